The number of carbonyl (C=O) groups excluding carboxylic acids is 3. The number of carbonyl (C=O) groups is 3. The first-order valence-electron chi connectivity index (χ1n) is 10.3. The number of unbranched alkanes of at least 4 members (excludes halogenated alkanes) is 2. The van der Waals surface area contributed by atoms with Crippen molar-refractivity contribution in [3.63, 3.8) is 0 Å². The molecule has 0 aliphatic carbocycles. The summed E-state index contributed by atoms with van der Waals surface area (Å²) < 4.78 is 15.3. The van der Waals surface area contributed by atoms with Crippen LogP contribution in [0.15, 0.2) is 0 Å². The first-order chi connectivity index (χ1) is 15.4. The largest absolute Gasteiger partial charge is 0.466 e. The van der Waals surface area contributed by atoms with Crippen LogP contribution in [-0.4, -0.2) is 87.7 Å². The van der Waals surface area contributed by atoms with Gasteiger partial charge in [-0.1, -0.05) is 0 Å². The summed E-state index contributed by atoms with van der Waals surface area (Å²) in [7, 11) is 0. The molecule has 0 saturated carbocycles. The molecule has 33 heavy (non-hydrogen) atoms. The SMILES string of the molecule is CC(C)(C)OC(=O)NC(CCC(=O)OCCCCON(O)O)C(=O)OCCCCON(O)O. The summed E-state index contributed by atoms with van der Waals surface area (Å²) in [5, 5.41) is 35.1. The van der Waals surface area contributed by atoms with Gasteiger partial charge < -0.3 is 19.5 Å². The number of amides is 1. The Hall–Kier alpha value is -2.11. The van der Waals surface area contributed by atoms with Crippen molar-refractivity contribution in [3.8, 4) is 0 Å². The van der Waals surface area contributed by atoms with Gasteiger partial charge in [-0.2, -0.15) is 0 Å². The fraction of sp³-hybridized carbons (Fsp3) is 0.833. The summed E-state index contributed by atoms with van der Waals surface area (Å²) in [6, 6.07) is -1.15. The number of esters is 2. The minimum atomic E-state index is -1.15. The lowest BCUT2D eigenvalue weighted by Gasteiger charge is -2.23. The van der Waals surface area contributed by atoms with E-state index < -0.39 is 40.5 Å². The zero-order valence-electron chi connectivity index (χ0n) is 19.1. The zero-order valence-corrected chi connectivity index (χ0v) is 19.1. The fourth-order valence-corrected chi connectivity index (χ4v) is 2.19. The first-order valence-corrected chi connectivity index (χ1v) is 10.3. The number of ether oxygens (including phenoxy) is 3. The molecule has 0 spiro atoms. The average molecular weight is 485 g/mol. The molecule has 0 fully saturated rings. The maximum Gasteiger partial charge on any atom is 0.408 e. The molecule has 15 heteroatoms. The number of alkyl carbamates (subject to hydrolysis) is 1. The van der Waals surface area contributed by atoms with Gasteiger partial charge in [-0.15, -0.1) is 0 Å². The van der Waals surface area contributed by atoms with Gasteiger partial charge in [0, 0.05) is 6.42 Å². The highest BCUT2D eigenvalue weighted by Crippen LogP contribution is 2.09. The fourth-order valence-electron chi connectivity index (χ4n) is 2.19. The van der Waals surface area contributed by atoms with Gasteiger partial charge in [-0.3, -0.25) is 35.3 Å². The van der Waals surface area contributed by atoms with Crippen molar-refractivity contribution >= 4 is 18.0 Å². The molecule has 1 amide bonds. The third kappa shape index (κ3) is 20.2. The van der Waals surface area contributed by atoms with Gasteiger partial charge in [0.25, 0.3) is 0 Å². The number of hydrogen-bond acceptors (Lipinski definition) is 14. The van der Waals surface area contributed by atoms with E-state index in [-0.39, 0.29) is 39.3 Å². The van der Waals surface area contributed by atoms with Gasteiger partial charge in [0.05, 0.1) is 37.2 Å². The highest BCUT2D eigenvalue weighted by Gasteiger charge is 2.26. The van der Waals surface area contributed by atoms with Crippen LogP contribution in [0.25, 0.3) is 0 Å². The monoisotopic (exact) mass is 485 g/mol. The maximum absolute atomic E-state index is 12.4. The van der Waals surface area contributed by atoms with E-state index in [1.807, 2.05) is 0 Å². The molecule has 0 aliphatic heterocycles. The summed E-state index contributed by atoms with van der Waals surface area (Å²) in [4.78, 5) is 45.1. The van der Waals surface area contributed by atoms with E-state index in [2.05, 4.69) is 15.0 Å². The van der Waals surface area contributed by atoms with Crippen LogP contribution in [0.5, 0.6) is 0 Å². The molecule has 0 aromatic rings. The Morgan fingerprint density at radius 2 is 1.30 bits per heavy atom. The number of rotatable bonds is 17. The third-order valence-corrected chi connectivity index (χ3v) is 3.61. The average Bonchev–Trinajstić information content (AvgIpc) is 2.68. The van der Waals surface area contributed by atoms with Crippen LogP contribution in [0.1, 0.15) is 59.3 Å². The van der Waals surface area contributed by atoms with Crippen LogP contribution < -0.4 is 5.32 Å². The molecule has 5 N–H and O–H groups in total. The van der Waals surface area contributed by atoms with Gasteiger partial charge in [-0.25, -0.2) is 9.59 Å². The van der Waals surface area contributed by atoms with Crippen molar-refractivity contribution < 1.29 is 59.1 Å². The first kappa shape index (κ1) is 30.9. The molecule has 0 heterocycles. The van der Waals surface area contributed by atoms with E-state index in [0.717, 1.165) is 0 Å². The van der Waals surface area contributed by atoms with Crippen molar-refractivity contribution in [2.45, 2.75) is 70.9 Å². The van der Waals surface area contributed by atoms with Gasteiger partial charge in [0.2, 0.25) is 0 Å². The molecular weight excluding hydrogens is 450 g/mol. The van der Waals surface area contributed by atoms with Crippen LogP contribution in [0.4, 0.5) is 4.79 Å². The lowest BCUT2D eigenvalue weighted by molar-refractivity contribution is -0.492. The molecule has 194 valence electrons. The summed E-state index contributed by atoms with van der Waals surface area (Å²) in [5.74, 6) is -1.37. The Bertz CT molecular complexity index is 568. The molecule has 0 aromatic heterocycles. The van der Waals surface area contributed by atoms with E-state index in [0.29, 0.717) is 25.7 Å². The Balaban J connectivity index is 4.47. The van der Waals surface area contributed by atoms with Crippen LogP contribution in [0.3, 0.4) is 0 Å². The van der Waals surface area contributed by atoms with Gasteiger partial charge in [-0.05, 0) is 52.9 Å². The molecule has 15 nitrogen and oxygen atoms in total. The van der Waals surface area contributed by atoms with Gasteiger partial charge in [0.1, 0.15) is 11.6 Å². The molecule has 0 aliphatic rings. The lowest BCUT2D eigenvalue weighted by Crippen LogP contribution is -2.44. The number of nitrogens with one attached hydrogen (secondary N) is 1. The molecule has 0 radical (unpaired) electrons. The third-order valence-electron chi connectivity index (χ3n) is 3.61. The summed E-state index contributed by atoms with van der Waals surface area (Å²) in [5.41, 5.74) is -0.794. The standard InChI is InChI=1S/C18H35N3O12/c1-18(2,3)33-17(24)19-14(16(23)30-11-5-7-13-32-21(27)28)8-9-15(22)29-10-4-6-12-31-20(25)26/h14,25-28H,4-13H2,1-3H3,(H,19,24). The Morgan fingerprint density at radius 3 is 1.79 bits per heavy atom. The van der Waals surface area contributed by atoms with Gasteiger partial charge >= 0.3 is 18.0 Å². The molecular formula is C18H35N3O12. The molecule has 0 bridgehead atoms. The van der Waals surface area contributed by atoms with E-state index in [9.17, 15) is 14.4 Å². The Morgan fingerprint density at radius 1 is 0.818 bits per heavy atom. The second kappa shape index (κ2) is 17.4. The van der Waals surface area contributed by atoms with Gasteiger partial charge in [0.15, 0.2) is 0 Å². The van der Waals surface area contributed by atoms with Crippen molar-refractivity contribution in [3.05, 3.63) is 0 Å². The van der Waals surface area contributed by atoms with E-state index in [1.165, 1.54) is 0 Å². The van der Waals surface area contributed by atoms with Crippen molar-refractivity contribution in [2.24, 2.45) is 0 Å². The minimum absolute atomic E-state index is 0.0135. The highest BCUT2D eigenvalue weighted by molar-refractivity contribution is 5.82. The summed E-state index contributed by atoms with van der Waals surface area (Å²) >= 11 is 0. The summed E-state index contributed by atoms with van der Waals surface area (Å²) in [6.45, 7) is 5.02. The van der Waals surface area contributed by atoms with Crippen LogP contribution in [0, 0.1) is 0 Å². The second-order valence-corrected chi connectivity index (χ2v) is 7.71. The van der Waals surface area contributed by atoms with E-state index in [4.69, 9.17) is 35.0 Å². The topological polar surface area (TPSA) is 197 Å². The highest BCUT2D eigenvalue weighted by atomic mass is 17.1. The van der Waals surface area contributed by atoms with Crippen LogP contribution in [0.2, 0.25) is 0 Å². The van der Waals surface area contributed by atoms with E-state index >= 15 is 0 Å². The molecule has 0 aromatic carbocycles. The van der Waals surface area contributed by atoms with E-state index in [1.54, 1.807) is 20.8 Å². The number of hydrogen-bond donors (Lipinski definition) is 5. The smallest absolute Gasteiger partial charge is 0.408 e. The Kier molecular flexibility index (Phi) is 16.3. The van der Waals surface area contributed by atoms with Crippen LogP contribution in [-0.2, 0) is 33.5 Å². The lowest BCUT2D eigenvalue weighted by atomic mass is 10.1. The van der Waals surface area contributed by atoms with Crippen molar-refractivity contribution in [1.82, 2.24) is 16.1 Å². The minimum Gasteiger partial charge on any atom is -0.466 e. The maximum atomic E-state index is 12.4. The second-order valence-electron chi connectivity index (χ2n) is 7.71. The molecule has 0 saturated heterocycles. The van der Waals surface area contributed by atoms with Crippen molar-refractivity contribution in [2.75, 3.05) is 26.4 Å². The predicted octanol–water partition coefficient (Wildman–Crippen LogP) is 1.33. The van der Waals surface area contributed by atoms with Crippen molar-refractivity contribution in [1.29, 1.82) is 0 Å². The summed E-state index contributed by atoms with van der Waals surface area (Å²) in [6.07, 6.45) is 0.421. The van der Waals surface area contributed by atoms with Crippen LogP contribution >= 0.6 is 0 Å². The predicted molar refractivity (Wildman–Crippen MR) is 106 cm³/mol. The number of nitrogens with zero attached hydrogens (tertiary/aromatic N) is 2. The quantitative estimate of drug-likeness (QED) is 0.0855. The zero-order chi connectivity index (χ0) is 25.3. The molecule has 1 atom stereocenters. The molecule has 1 unspecified atom stereocenters. The normalized spacial score (nSPS) is 12.5. The Labute approximate surface area is 191 Å². The molecule has 0 rings (SSSR count).